The largest absolute Gasteiger partial charge is 0.416 e. The number of halogens is 3. The maximum atomic E-state index is 13.1. The van der Waals surface area contributed by atoms with Gasteiger partial charge in [0.15, 0.2) is 0 Å². The van der Waals surface area contributed by atoms with E-state index >= 15 is 0 Å². The lowest BCUT2D eigenvalue weighted by atomic mass is 10.1. The average Bonchev–Trinajstić information content (AvgIpc) is 3.14. The summed E-state index contributed by atoms with van der Waals surface area (Å²) in [6.07, 6.45) is -1.39. The molecule has 2 aromatic heterocycles. The predicted molar refractivity (Wildman–Crippen MR) is 105 cm³/mol. The first-order chi connectivity index (χ1) is 14.2. The Kier molecular flexibility index (Phi) is 4.70. The van der Waals surface area contributed by atoms with Gasteiger partial charge >= 0.3 is 6.18 Å². The number of carbonyl (C=O) groups is 1. The van der Waals surface area contributed by atoms with E-state index in [1.54, 1.807) is 16.8 Å². The van der Waals surface area contributed by atoms with Crippen LogP contribution in [0.3, 0.4) is 0 Å². The van der Waals surface area contributed by atoms with Crippen molar-refractivity contribution in [1.29, 1.82) is 0 Å². The third-order valence-corrected chi connectivity index (χ3v) is 4.74. The molecule has 3 heterocycles. The van der Waals surface area contributed by atoms with E-state index in [1.165, 1.54) is 29.4 Å². The minimum atomic E-state index is -4.44. The van der Waals surface area contributed by atoms with Crippen LogP contribution in [0.5, 0.6) is 0 Å². The quantitative estimate of drug-likeness (QED) is 0.622. The number of fused-ring (bicyclic) bond motifs is 1. The van der Waals surface area contributed by atoms with Gasteiger partial charge in [-0.05, 0) is 43.3 Å². The molecule has 152 valence electrons. The van der Waals surface area contributed by atoms with Crippen LogP contribution in [0, 0.1) is 11.8 Å². The molecule has 3 aromatic rings. The zero-order chi connectivity index (χ0) is 21.5. The van der Waals surface area contributed by atoms with Gasteiger partial charge < -0.3 is 10.6 Å². The molecule has 0 saturated carbocycles. The van der Waals surface area contributed by atoms with Crippen LogP contribution in [0.4, 0.5) is 24.7 Å². The van der Waals surface area contributed by atoms with Crippen LogP contribution in [0.15, 0.2) is 48.8 Å². The fourth-order valence-corrected chi connectivity index (χ4v) is 3.27. The second kappa shape index (κ2) is 7.22. The fraction of sp³-hybridized carbons (Fsp3) is 0.190. The van der Waals surface area contributed by atoms with Gasteiger partial charge in [0.25, 0.3) is 5.91 Å². The maximum absolute atomic E-state index is 13.1. The van der Waals surface area contributed by atoms with Crippen LogP contribution >= 0.6 is 0 Å². The van der Waals surface area contributed by atoms with Crippen molar-refractivity contribution in [2.24, 2.45) is 0 Å². The minimum Gasteiger partial charge on any atom is -0.384 e. The lowest BCUT2D eigenvalue weighted by Crippen LogP contribution is -2.43. The van der Waals surface area contributed by atoms with Gasteiger partial charge in [-0.2, -0.15) is 18.3 Å². The molecular formula is C21H16F3N5O. The van der Waals surface area contributed by atoms with Crippen LogP contribution in [0.1, 0.15) is 40.1 Å². The number of rotatable bonds is 1. The molecule has 0 aliphatic carbocycles. The van der Waals surface area contributed by atoms with Gasteiger partial charge in [0, 0.05) is 24.0 Å². The Morgan fingerprint density at radius 2 is 1.90 bits per heavy atom. The van der Waals surface area contributed by atoms with Gasteiger partial charge in [0.05, 0.1) is 23.4 Å². The highest BCUT2D eigenvalue weighted by molar-refractivity contribution is 6.07. The second-order valence-electron chi connectivity index (χ2n) is 6.88. The molecule has 1 amide bonds. The van der Waals surface area contributed by atoms with Crippen molar-refractivity contribution in [3.63, 3.8) is 0 Å². The number of nitrogen functional groups attached to an aromatic ring is 1. The van der Waals surface area contributed by atoms with Crippen molar-refractivity contribution in [2.75, 3.05) is 17.2 Å². The molecule has 4 rings (SSSR count). The number of amides is 1. The molecule has 1 atom stereocenters. The Labute approximate surface area is 170 Å². The maximum Gasteiger partial charge on any atom is 0.416 e. The zero-order valence-corrected chi connectivity index (χ0v) is 15.8. The Hall–Kier alpha value is -3.80. The molecule has 0 unspecified atom stereocenters. The SMILES string of the molecule is C[C@H]1CN(c2ccc(C(F)(F)F)cc2)C(=O)c2c(C#Cc3ccnc(N)c3)cnn21. The number of hydrogen-bond donors (Lipinski definition) is 1. The lowest BCUT2D eigenvalue weighted by Gasteiger charge is -2.32. The first kappa shape index (κ1) is 19.5. The summed E-state index contributed by atoms with van der Waals surface area (Å²) in [5.41, 5.74) is 6.63. The highest BCUT2D eigenvalue weighted by Crippen LogP contribution is 2.32. The summed E-state index contributed by atoms with van der Waals surface area (Å²) >= 11 is 0. The number of carbonyl (C=O) groups excluding carboxylic acids is 1. The van der Waals surface area contributed by atoms with Crippen LogP contribution in [-0.4, -0.2) is 27.2 Å². The van der Waals surface area contributed by atoms with Crippen molar-refractivity contribution in [3.8, 4) is 11.8 Å². The van der Waals surface area contributed by atoms with Crippen LogP contribution in [0.25, 0.3) is 0 Å². The third kappa shape index (κ3) is 3.59. The molecule has 6 nitrogen and oxygen atoms in total. The van der Waals surface area contributed by atoms with E-state index in [1.807, 2.05) is 6.92 Å². The number of anilines is 2. The number of alkyl halides is 3. The Bertz CT molecular complexity index is 1170. The Morgan fingerprint density at radius 3 is 2.57 bits per heavy atom. The lowest BCUT2D eigenvalue weighted by molar-refractivity contribution is -0.137. The van der Waals surface area contributed by atoms with E-state index in [0.29, 0.717) is 28.3 Å². The molecule has 1 aliphatic heterocycles. The van der Waals surface area contributed by atoms with Gasteiger partial charge in [0.2, 0.25) is 0 Å². The van der Waals surface area contributed by atoms with Crippen molar-refractivity contribution in [1.82, 2.24) is 14.8 Å². The van der Waals surface area contributed by atoms with E-state index in [-0.39, 0.29) is 18.5 Å². The predicted octanol–water partition coefficient (Wildman–Crippen LogP) is 3.50. The molecule has 0 fully saturated rings. The molecule has 0 bridgehead atoms. The fourth-order valence-electron chi connectivity index (χ4n) is 3.27. The topological polar surface area (TPSA) is 77.0 Å². The molecular weight excluding hydrogens is 395 g/mol. The zero-order valence-electron chi connectivity index (χ0n) is 15.8. The average molecular weight is 411 g/mol. The standard InChI is InChI=1S/C21H16F3N5O/c1-13-12-28(17-6-4-16(5-7-17)21(22,23)24)20(30)19-15(11-27-29(13)19)3-2-14-8-9-26-18(25)10-14/h4-11,13H,12H2,1H3,(H2,25,26)/t13-/m0/s1. The van der Waals surface area contributed by atoms with Gasteiger partial charge in [-0.15, -0.1) is 0 Å². The molecule has 30 heavy (non-hydrogen) atoms. The number of nitrogens with two attached hydrogens (primary N) is 1. The van der Waals surface area contributed by atoms with Gasteiger partial charge in [-0.3, -0.25) is 9.48 Å². The number of hydrogen-bond acceptors (Lipinski definition) is 4. The first-order valence-corrected chi connectivity index (χ1v) is 9.04. The van der Waals surface area contributed by atoms with Gasteiger partial charge in [0.1, 0.15) is 11.5 Å². The van der Waals surface area contributed by atoms with Crippen LogP contribution < -0.4 is 10.6 Å². The molecule has 0 spiro atoms. The van der Waals surface area contributed by atoms with Crippen LogP contribution in [0.2, 0.25) is 0 Å². The number of pyridine rings is 1. The van der Waals surface area contributed by atoms with Crippen LogP contribution in [-0.2, 0) is 6.18 Å². The third-order valence-electron chi connectivity index (χ3n) is 4.74. The molecule has 9 heteroatoms. The van der Waals surface area contributed by atoms with E-state index in [9.17, 15) is 18.0 Å². The summed E-state index contributed by atoms with van der Waals surface area (Å²) in [5.74, 6) is 5.83. The van der Waals surface area contributed by atoms with Gasteiger partial charge in [-0.1, -0.05) is 11.8 Å². The number of benzene rings is 1. The van der Waals surface area contributed by atoms with E-state index in [0.717, 1.165) is 12.1 Å². The summed E-state index contributed by atoms with van der Waals surface area (Å²) in [6.45, 7) is 2.16. The van der Waals surface area contributed by atoms with E-state index in [2.05, 4.69) is 21.9 Å². The van der Waals surface area contributed by atoms with Crippen molar-refractivity contribution < 1.29 is 18.0 Å². The molecule has 0 radical (unpaired) electrons. The summed E-state index contributed by atoms with van der Waals surface area (Å²) in [4.78, 5) is 18.5. The summed E-state index contributed by atoms with van der Waals surface area (Å²) in [7, 11) is 0. The number of aromatic nitrogens is 3. The first-order valence-electron chi connectivity index (χ1n) is 9.04. The summed E-state index contributed by atoms with van der Waals surface area (Å²) in [5, 5.41) is 4.27. The highest BCUT2D eigenvalue weighted by atomic mass is 19.4. The monoisotopic (exact) mass is 411 g/mol. The van der Waals surface area contributed by atoms with Crippen molar-refractivity contribution >= 4 is 17.4 Å². The molecule has 2 N–H and O–H groups in total. The minimum absolute atomic E-state index is 0.174. The summed E-state index contributed by atoms with van der Waals surface area (Å²) < 4.78 is 40.1. The highest BCUT2D eigenvalue weighted by Gasteiger charge is 2.34. The van der Waals surface area contributed by atoms with Crippen molar-refractivity contribution in [2.45, 2.75) is 19.1 Å². The van der Waals surface area contributed by atoms with Gasteiger partial charge in [-0.25, -0.2) is 4.98 Å². The summed E-state index contributed by atoms with van der Waals surface area (Å²) in [6, 6.07) is 7.66. The number of nitrogens with zero attached hydrogens (tertiary/aromatic N) is 4. The molecule has 1 aromatic carbocycles. The van der Waals surface area contributed by atoms with E-state index < -0.39 is 11.7 Å². The normalized spacial score (nSPS) is 16.1. The van der Waals surface area contributed by atoms with E-state index in [4.69, 9.17) is 5.73 Å². The molecule has 0 saturated heterocycles. The molecule has 1 aliphatic rings. The second-order valence-corrected chi connectivity index (χ2v) is 6.88. The Morgan fingerprint density at radius 1 is 1.17 bits per heavy atom. The van der Waals surface area contributed by atoms with Crippen molar-refractivity contribution in [3.05, 3.63) is 71.2 Å². The Balaban J connectivity index is 1.68. The smallest absolute Gasteiger partial charge is 0.384 e.